The molecule has 0 amide bonds. The Hall–Kier alpha value is -1.30. The van der Waals surface area contributed by atoms with Crippen LogP contribution in [0.5, 0.6) is 0 Å². The van der Waals surface area contributed by atoms with Gasteiger partial charge in [0.25, 0.3) is 0 Å². The van der Waals surface area contributed by atoms with Gasteiger partial charge in [0.1, 0.15) is 5.03 Å². The topological polar surface area (TPSA) is 78.1 Å². The number of thioether (sulfide) groups is 1. The number of carbonyl (C=O) groups is 1. The van der Waals surface area contributed by atoms with Crippen molar-refractivity contribution in [3.05, 3.63) is 12.4 Å². The van der Waals surface area contributed by atoms with Crippen molar-refractivity contribution in [2.24, 2.45) is 0 Å². The average molecular weight is 269 g/mol. The maximum atomic E-state index is 11.1. The molecule has 1 rings (SSSR count). The van der Waals surface area contributed by atoms with Crippen LogP contribution < -0.4 is 5.73 Å². The van der Waals surface area contributed by atoms with E-state index in [0.717, 1.165) is 30.0 Å². The summed E-state index contributed by atoms with van der Waals surface area (Å²) in [6, 6.07) is 0. The van der Waals surface area contributed by atoms with Crippen LogP contribution in [0.3, 0.4) is 0 Å². The van der Waals surface area contributed by atoms with Crippen molar-refractivity contribution in [1.29, 1.82) is 0 Å². The van der Waals surface area contributed by atoms with Gasteiger partial charge in [0.05, 0.1) is 6.61 Å². The molecular formula is C12H19N3O2S. The summed E-state index contributed by atoms with van der Waals surface area (Å²) in [5, 5.41) is 0.780. The second-order valence-electron chi connectivity index (χ2n) is 3.71. The van der Waals surface area contributed by atoms with E-state index in [4.69, 9.17) is 10.5 Å². The highest BCUT2D eigenvalue weighted by Gasteiger charge is 2.03. The average Bonchev–Trinajstić information content (AvgIpc) is 2.36. The molecule has 1 aromatic heterocycles. The van der Waals surface area contributed by atoms with E-state index in [1.54, 1.807) is 24.2 Å². The Bertz CT molecular complexity index is 374. The molecule has 1 heterocycles. The second-order valence-corrected chi connectivity index (χ2v) is 4.79. The van der Waals surface area contributed by atoms with E-state index in [-0.39, 0.29) is 5.97 Å². The van der Waals surface area contributed by atoms with Gasteiger partial charge in [-0.15, -0.1) is 11.8 Å². The van der Waals surface area contributed by atoms with Crippen molar-refractivity contribution < 1.29 is 9.53 Å². The molecule has 100 valence electrons. The van der Waals surface area contributed by atoms with Crippen LogP contribution in [0.15, 0.2) is 17.4 Å². The fourth-order valence-corrected chi connectivity index (χ4v) is 2.28. The van der Waals surface area contributed by atoms with Gasteiger partial charge in [-0.05, 0) is 25.5 Å². The predicted molar refractivity (Wildman–Crippen MR) is 72.3 cm³/mol. The highest BCUT2D eigenvalue weighted by atomic mass is 32.2. The van der Waals surface area contributed by atoms with Gasteiger partial charge in [0.2, 0.25) is 0 Å². The van der Waals surface area contributed by atoms with E-state index in [9.17, 15) is 4.79 Å². The number of unbranched alkanes of at least 4 members (excludes halogenated alkanes) is 2. The van der Waals surface area contributed by atoms with Gasteiger partial charge in [0, 0.05) is 18.8 Å². The Labute approximate surface area is 112 Å². The minimum Gasteiger partial charge on any atom is -0.466 e. The fraction of sp³-hybridized carbons (Fsp3) is 0.583. The lowest BCUT2D eigenvalue weighted by Crippen LogP contribution is -2.03. The molecule has 0 atom stereocenters. The van der Waals surface area contributed by atoms with Gasteiger partial charge >= 0.3 is 5.97 Å². The number of nitrogens with zero attached hydrogens (tertiary/aromatic N) is 2. The highest BCUT2D eigenvalue weighted by Crippen LogP contribution is 2.21. The third-order valence-corrected chi connectivity index (χ3v) is 3.34. The van der Waals surface area contributed by atoms with Crippen LogP contribution in [-0.4, -0.2) is 28.3 Å². The number of esters is 1. The van der Waals surface area contributed by atoms with E-state index in [1.807, 2.05) is 6.92 Å². The van der Waals surface area contributed by atoms with E-state index in [0.29, 0.717) is 18.8 Å². The number of ether oxygens (including phenoxy) is 1. The quantitative estimate of drug-likeness (QED) is 0.443. The second kappa shape index (κ2) is 8.74. The number of carbonyl (C=O) groups excluding carboxylic acids is 1. The van der Waals surface area contributed by atoms with Crippen LogP contribution in [0.25, 0.3) is 0 Å². The molecule has 0 spiro atoms. The molecule has 18 heavy (non-hydrogen) atoms. The molecule has 0 radical (unpaired) electrons. The molecule has 1 aromatic rings. The number of aromatic nitrogens is 2. The summed E-state index contributed by atoms with van der Waals surface area (Å²) in [7, 11) is 0. The lowest BCUT2D eigenvalue weighted by Gasteiger charge is -2.03. The van der Waals surface area contributed by atoms with E-state index in [1.165, 1.54) is 0 Å². The monoisotopic (exact) mass is 269 g/mol. The molecule has 0 aromatic carbocycles. The maximum absolute atomic E-state index is 11.1. The van der Waals surface area contributed by atoms with Crippen LogP contribution >= 0.6 is 11.8 Å². The van der Waals surface area contributed by atoms with Crippen LogP contribution in [0.2, 0.25) is 0 Å². The van der Waals surface area contributed by atoms with Crippen molar-refractivity contribution in [2.75, 3.05) is 18.1 Å². The van der Waals surface area contributed by atoms with E-state index in [2.05, 4.69) is 9.97 Å². The van der Waals surface area contributed by atoms with Gasteiger partial charge in [-0.3, -0.25) is 4.79 Å². The van der Waals surface area contributed by atoms with Gasteiger partial charge in [-0.1, -0.05) is 6.42 Å². The van der Waals surface area contributed by atoms with Gasteiger partial charge in [-0.2, -0.15) is 0 Å². The molecule has 0 aliphatic heterocycles. The molecule has 0 fully saturated rings. The lowest BCUT2D eigenvalue weighted by atomic mass is 10.2. The van der Waals surface area contributed by atoms with Crippen molar-refractivity contribution in [3.8, 4) is 0 Å². The normalized spacial score (nSPS) is 10.3. The molecule has 6 heteroatoms. The van der Waals surface area contributed by atoms with Gasteiger partial charge < -0.3 is 10.5 Å². The number of nitrogen functional groups attached to an aromatic ring is 1. The predicted octanol–water partition coefficient (Wildman–Crippen LogP) is 2.27. The summed E-state index contributed by atoms with van der Waals surface area (Å²) in [5.41, 5.74) is 5.68. The summed E-state index contributed by atoms with van der Waals surface area (Å²) in [6.45, 7) is 2.28. The van der Waals surface area contributed by atoms with Crippen LogP contribution in [0.4, 0.5) is 5.82 Å². The minimum absolute atomic E-state index is 0.108. The summed E-state index contributed by atoms with van der Waals surface area (Å²) >= 11 is 1.60. The van der Waals surface area contributed by atoms with Crippen molar-refractivity contribution in [1.82, 2.24) is 9.97 Å². The molecule has 5 nitrogen and oxygen atoms in total. The molecule has 2 N–H and O–H groups in total. The van der Waals surface area contributed by atoms with Crippen molar-refractivity contribution in [2.45, 2.75) is 37.6 Å². The number of nitrogens with two attached hydrogens (primary N) is 1. The molecule has 0 saturated carbocycles. The molecule has 0 unspecified atom stereocenters. The minimum atomic E-state index is -0.108. The number of anilines is 1. The first kappa shape index (κ1) is 14.8. The maximum Gasteiger partial charge on any atom is 0.305 e. The zero-order valence-corrected chi connectivity index (χ0v) is 11.4. The summed E-state index contributed by atoms with van der Waals surface area (Å²) in [4.78, 5) is 19.2. The number of hydrogen-bond acceptors (Lipinski definition) is 6. The zero-order valence-electron chi connectivity index (χ0n) is 10.6. The number of hydrogen-bond donors (Lipinski definition) is 1. The van der Waals surface area contributed by atoms with Gasteiger partial charge in [0.15, 0.2) is 5.82 Å². The Balaban J connectivity index is 2.06. The Kier molecular flexibility index (Phi) is 7.17. The first-order chi connectivity index (χ1) is 8.74. The summed E-state index contributed by atoms with van der Waals surface area (Å²) < 4.78 is 4.85. The van der Waals surface area contributed by atoms with Crippen LogP contribution in [-0.2, 0) is 9.53 Å². The lowest BCUT2D eigenvalue weighted by molar-refractivity contribution is -0.143. The van der Waals surface area contributed by atoms with Crippen LogP contribution in [0, 0.1) is 0 Å². The number of rotatable bonds is 8. The Morgan fingerprint density at radius 1 is 1.33 bits per heavy atom. The Morgan fingerprint density at radius 3 is 2.83 bits per heavy atom. The first-order valence-corrected chi connectivity index (χ1v) is 7.07. The van der Waals surface area contributed by atoms with Crippen molar-refractivity contribution in [3.63, 3.8) is 0 Å². The standard InChI is InChI=1S/C12H19N3O2S/c1-2-17-10(16)6-4-3-5-9-18-12-11(13)14-7-8-15-12/h7-8H,2-6,9H2,1H3,(H2,13,14). The first-order valence-electron chi connectivity index (χ1n) is 6.09. The third-order valence-electron chi connectivity index (χ3n) is 2.26. The van der Waals surface area contributed by atoms with Gasteiger partial charge in [-0.25, -0.2) is 9.97 Å². The Morgan fingerprint density at radius 2 is 2.11 bits per heavy atom. The summed E-state index contributed by atoms with van der Waals surface area (Å²) in [5.74, 6) is 1.31. The van der Waals surface area contributed by atoms with E-state index >= 15 is 0 Å². The SMILES string of the molecule is CCOC(=O)CCCCCSc1nccnc1N. The van der Waals surface area contributed by atoms with E-state index < -0.39 is 0 Å². The fourth-order valence-electron chi connectivity index (χ4n) is 1.40. The molecule has 0 aliphatic carbocycles. The summed E-state index contributed by atoms with van der Waals surface area (Å²) in [6.07, 6.45) is 6.63. The van der Waals surface area contributed by atoms with Crippen LogP contribution in [0.1, 0.15) is 32.6 Å². The van der Waals surface area contributed by atoms with Crippen molar-refractivity contribution >= 4 is 23.5 Å². The molecular weight excluding hydrogens is 250 g/mol. The smallest absolute Gasteiger partial charge is 0.305 e. The largest absolute Gasteiger partial charge is 0.466 e. The zero-order chi connectivity index (χ0) is 13.2. The molecule has 0 bridgehead atoms. The highest BCUT2D eigenvalue weighted by molar-refractivity contribution is 7.99. The molecule has 0 saturated heterocycles. The molecule has 0 aliphatic rings. The third kappa shape index (κ3) is 5.86.